The highest BCUT2D eigenvalue weighted by Gasteiger charge is 2.56. The fraction of sp³-hybridized carbons (Fsp3) is 0.750. The monoisotopic (exact) mass is 312 g/mol. The minimum Gasteiger partial charge on any atom is -0.340 e. The minimum atomic E-state index is -0.740. The highest BCUT2D eigenvalue weighted by Crippen LogP contribution is 2.38. The maximum Gasteiger partial charge on any atom is 0.249 e. The molecule has 2 amide bonds. The van der Waals surface area contributed by atoms with Crippen LogP contribution in [0.1, 0.15) is 58.8 Å². The molecule has 0 unspecified atom stereocenters. The Balaban J connectivity index is 2.40. The lowest BCUT2D eigenvalue weighted by Crippen LogP contribution is -2.75. The largest absolute Gasteiger partial charge is 0.340 e. The van der Waals surface area contributed by atoms with E-state index in [-0.39, 0.29) is 11.8 Å². The van der Waals surface area contributed by atoms with Gasteiger partial charge in [0.25, 0.3) is 0 Å². The molecule has 1 aliphatic heterocycles. The van der Waals surface area contributed by atoms with Gasteiger partial charge in [0.15, 0.2) is 0 Å². The zero-order valence-corrected chi connectivity index (χ0v) is 13.7. The Labute approximate surface area is 131 Å². The molecule has 1 spiro atoms. The molecule has 0 aromatic heterocycles. The van der Waals surface area contributed by atoms with Gasteiger partial charge in [-0.15, -0.1) is 0 Å². The number of carbonyl (C=O) groups is 2. The molecule has 0 radical (unpaired) electrons. The van der Waals surface area contributed by atoms with E-state index in [2.05, 4.69) is 5.32 Å². The Bertz CT molecular complexity index is 438. The maximum absolute atomic E-state index is 13.1. The van der Waals surface area contributed by atoms with Gasteiger partial charge in [0.05, 0.1) is 0 Å². The smallest absolute Gasteiger partial charge is 0.249 e. The number of halogens is 1. The summed E-state index contributed by atoms with van der Waals surface area (Å²) in [5.41, 5.74) is 0.00290. The van der Waals surface area contributed by atoms with Gasteiger partial charge in [-0.3, -0.25) is 9.59 Å². The summed E-state index contributed by atoms with van der Waals surface area (Å²) in [5.74, 6) is 0.0669. The summed E-state index contributed by atoms with van der Waals surface area (Å²) in [7, 11) is 0. The van der Waals surface area contributed by atoms with Crippen LogP contribution in [0.4, 0.5) is 0 Å². The molecule has 0 aromatic rings. The number of hydrogen-bond acceptors (Lipinski definition) is 2. The van der Waals surface area contributed by atoms with Gasteiger partial charge in [-0.1, -0.05) is 50.8 Å². The zero-order valence-electron chi connectivity index (χ0n) is 13.0. The van der Waals surface area contributed by atoms with E-state index in [0.29, 0.717) is 19.4 Å². The van der Waals surface area contributed by atoms with Crippen molar-refractivity contribution in [3.05, 3.63) is 11.6 Å². The van der Waals surface area contributed by atoms with E-state index >= 15 is 0 Å². The van der Waals surface area contributed by atoms with Crippen molar-refractivity contribution >= 4 is 23.4 Å². The van der Waals surface area contributed by atoms with Gasteiger partial charge in [0, 0.05) is 12.1 Å². The molecular weight excluding hydrogens is 288 g/mol. The van der Waals surface area contributed by atoms with Crippen LogP contribution in [0.5, 0.6) is 0 Å². The van der Waals surface area contributed by atoms with Crippen molar-refractivity contribution in [1.29, 1.82) is 0 Å². The average molecular weight is 313 g/mol. The van der Waals surface area contributed by atoms with Crippen LogP contribution in [0.2, 0.25) is 0 Å². The molecule has 2 fully saturated rings. The van der Waals surface area contributed by atoms with Gasteiger partial charge >= 0.3 is 0 Å². The normalized spacial score (nSPS) is 24.6. The standard InChI is InChI=1S/C16H25ClN2O2/c1-3-16(4-2)13(20)18-15(9-6-5-7-10-15)14(21)19(16)12-8-11-17/h8,11H,3-7,9-10,12H2,1-2H3,(H,18,20)/b11-8+. The fourth-order valence-corrected chi connectivity index (χ4v) is 3.89. The zero-order chi connectivity index (χ0) is 15.5. The number of nitrogens with zero attached hydrogens (tertiary/aromatic N) is 1. The average Bonchev–Trinajstić information content (AvgIpc) is 2.51. The molecule has 4 nitrogen and oxygen atoms in total. The molecule has 1 aliphatic carbocycles. The molecule has 5 heteroatoms. The van der Waals surface area contributed by atoms with Crippen molar-refractivity contribution < 1.29 is 9.59 Å². The van der Waals surface area contributed by atoms with Crippen LogP contribution in [0, 0.1) is 0 Å². The molecule has 1 saturated carbocycles. The predicted molar refractivity (Wildman–Crippen MR) is 84.0 cm³/mol. The van der Waals surface area contributed by atoms with Crippen molar-refractivity contribution in [2.45, 2.75) is 69.9 Å². The van der Waals surface area contributed by atoms with Crippen molar-refractivity contribution in [3.63, 3.8) is 0 Å². The molecule has 1 heterocycles. The van der Waals surface area contributed by atoms with Crippen LogP contribution in [0.15, 0.2) is 11.6 Å². The van der Waals surface area contributed by atoms with Crippen LogP contribution in [0.3, 0.4) is 0 Å². The van der Waals surface area contributed by atoms with E-state index in [1.807, 2.05) is 13.8 Å². The van der Waals surface area contributed by atoms with Crippen LogP contribution < -0.4 is 5.32 Å². The first-order valence-corrected chi connectivity index (χ1v) is 8.40. The topological polar surface area (TPSA) is 49.4 Å². The van der Waals surface area contributed by atoms with Crippen molar-refractivity contribution in [2.75, 3.05) is 6.54 Å². The first kappa shape index (κ1) is 16.3. The van der Waals surface area contributed by atoms with E-state index in [1.165, 1.54) is 5.54 Å². The molecular formula is C16H25ClN2O2. The third kappa shape index (κ3) is 2.59. The molecule has 2 rings (SSSR count). The fourth-order valence-electron chi connectivity index (χ4n) is 3.81. The van der Waals surface area contributed by atoms with Crippen molar-refractivity contribution in [2.24, 2.45) is 0 Å². The highest BCUT2D eigenvalue weighted by atomic mass is 35.5. The molecule has 0 aromatic carbocycles. The summed E-state index contributed by atoms with van der Waals surface area (Å²) >= 11 is 5.64. The molecule has 21 heavy (non-hydrogen) atoms. The number of nitrogens with one attached hydrogen (secondary N) is 1. The van der Waals surface area contributed by atoms with Crippen LogP contribution in [0.25, 0.3) is 0 Å². The Morgan fingerprint density at radius 1 is 1.19 bits per heavy atom. The Kier molecular flexibility index (Phi) is 4.97. The number of hydrogen-bond donors (Lipinski definition) is 1. The maximum atomic E-state index is 13.1. The first-order valence-electron chi connectivity index (χ1n) is 7.96. The predicted octanol–water partition coefficient (Wildman–Crippen LogP) is 2.96. The molecule has 1 saturated heterocycles. The van der Waals surface area contributed by atoms with E-state index in [9.17, 15) is 9.59 Å². The van der Waals surface area contributed by atoms with E-state index in [1.54, 1.807) is 11.0 Å². The Morgan fingerprint density at radius 2 is 1.81 bits per heavy atom. The van der Waals surface area contributed by atoms with E-state index < -0.39 is 11.1 Å². The molecule has 118 valence electrons. The number of rotatable bonds is 4. The third-order valence-corrected chi connectivity index (χ3v) is 5.38. The van der Waals surface area contributed by atoms with Gasteiger partial charge < -0.3 is 10.2 Å². The summed E-state index contributed by atoms with van der Waals surface area (Å²) in [6.07, 6.45) is 7.62. The Morgan fingerprint density at radius 3 is 2.33 bits per heavy atom. The lowest BCUT2D eigenvalue weighted by molar-refractivity contribution is -0.164. The summed E-state index contributed by atoms with van der Waals surface area (Å²) < 4.78 is 0. The molecule has 0 bridgehead atoms. The number of carbonyl (C=O) groups excluding carboxylic acids is 2. The summed E-state index contributed by atoms with van der Waals surface area (Å²) in [6.45, 7) is 4.33. The van der Waals surface area contributed by atoms with Crippen molar-refractivity contribution in [3.8, 4) is 0 Å². The quantitative estimate of drug-likeness (QED) is 0.867. The van der Waals surface area contributed by atoms with Crippen LogP contribution >= 0.6 is 11.6 Å². The molecule has 1 N–H and O–H groups in total. The molecule has 0 atom stereocenters. The van der Waals surface area contributed by atoms with Gasteiger partial charge in [0.2, 0.25) is 11.8 Å². The highest BCUT2D eigenvalue weighted by molar-refractivity contribution is 6.25. The van der Waals surface area contributed by atoms with Crippen molar-refractivity contribution in [1.82, 2.24) is 10.2 Å². The molecule has 2 aliphatic rings. The minimum absolute atomic E-state index is 0.00280. The number of amides is 2. The lowest BCUT2D eigenvalue weighted by Gasteiger charge is -2.53. The third-order valence-electron chi connectivity index (χ3n) is 5.20. The van der Waals surface area contributed by atoms with Crippen LogP contribution in [-0.4, -0.2) is 34.3 Å². The van der Waals surface area contributed by atoms with Crippen LogP contribution in [-0.2, 0) is 9.59 Å². The SMILES string of the molecule is CCC1(CC)C(=O)NC2(CCCCC2)C(=O)N1C/C=C/Cl. The second-order valence-electron chi connectivity index (χ2n) is 6.11. The summed E-state index contributed by atoms with van der Waals surface area (Å²) in [6, 6.07) is 0. The van der Waals surface area contributed by atoms with Gasteiger partial charge in [-0.25, -0.2) is 0 Å². The summed E-state index contributed by atoms with van der Waals surface area (Å²) in [5, 5.41) is 3.09. The summed E-state index contributed by atoms with van der Waals surface area (Å²) in [4.78, 5) is 27.7. The van der Waals surface area contributed by atoms with E-state index in [0.717, 1.165) is 32.1 Å². The Hall–Kier alpha value is -1.03. The number of piperazine rings is 1. The second kappa shape index (κ2) is 6.39. The second-order valence-corrected chi connectivity index (χ2v) is 6.37. The van der Waals surface area contributed by atoms with Gasteiger partial charge in [0.1, 0.15) is 11.1 Å². The van der Waals surface area contributed by atoms with E-state index in [4.69, 9.17) is 11.6 Å². The first-order chi connectivity index (χ1) is 10.1. The lowest BCUT2D eigenvalue weighted by atomic mass is 9.74. The van der Waals surface area contributed by atoms with Gasteiger partial charge in [-0.2, -0.15) is 0 Å². The van der Waals surface area contributed by atoms with Gasteiger partial charge in [-0.05, 0) is 25.7 Å².